The lowest BCUT2D eigenvalue weighted by atomic mass is 9.94. The number of nitrogens with two attached hydrogens (primary N) is 1. The number of carbonyl (C=O) groups excluding carboxylic acids is 1. The first-order chi connectivity index (χ1) is 11.7. The topological polar surface area (TPSA) is 55.1 Å². The van der Waals surface area contributed by atoms with Crippen LogP contribution in [0.3, 0.4) is 0 Å². The van der Waals surface area contributed by atoms with E-state index in [2.05, 4.69) is 5.32 Å². The van der Waals surface area contributed by atoms with E-state index in [4.69, 9.17) is 5.73 Å². The van der Waals surface area contributed by atoms with Crippen LogP contribution in [0.25, 0.3) is 11.1 Å². The third kappa shape index (κ3) is 3.30. The van der Waals surface area contributed by atoms with Crippen molar-refractivity contribution in [3.05, 3.63) is 89.5 Å². The summed E-state index contributed by atoms with van der Waals surface area (Å²) < 4.78 is 0. The van der Waals surface area contributed by atoms with Gasteiger partial charge >= 0.3 is 0 Å². The molecule has 0 radical (unpaired) electrons. The number of rotatable bonds is 5. The molecule has 0 spiro atoms. The molecule has 3 aromatic carbocycles. The van der Waals surface area contributed by atoms with Crippen LogP contribution in [0.1, 0.15) is 21.5 Å². The third-order valence-corrected chi connectivity index (χ3v) is 4.12. The second-order valence-corrected chi connectivity index (χ2v) is 5.73. The van der Waals surface area contributed by atoms with Crippen LogP contribution in [0.15, 0.2) is 72.8 Å². The lowest BCUT2D eigenvalue weighted by molar-refractivity contribution is 0.100. The summed E-state index contributed by atoms with van der Waals surface area (Å²) in [4.78, 5) is 12.0. The van der Waals surface area contributed by atoms with E-state index in [1.54, 1.807) is 0 Å². The number of amides is 1. The molecule has 3 N–H and O–H groups in total. The van der Waals surface area contributed by atoms with Gasteiger partial charge < -0.3 is 11.1 Å². The first kappa shape index (κ1) is 15.8. The van der Waals surface area contributed by atoms with Gasteiger partial charge in [-0.15, -0.1) is 0 Å². The summed E-state index contributed by atoms with van der Waals surface area (Å²) in [6.45, 7) is 2.58. The van der Waals surface area contributed by atoms with Crippen LogP contribution in [-0.2, 0) is 6.54 Å². The fraction of sp³-hybridized carbons (Fsp3) is 0.0952. The normalized spacial score (nSPS) is 10.4. The average molecular weight is 316 g/mol. The maximum Gasteiger partial charge on any atom is 0.251 e. The molecule has 0 saturated carbocycles. The Kier molecular flexibility index (Phi) is 4.62. The van der Waals surface area contributed by atoms with E-state index >= 15 is 0 Å². The van der Waals surface area contributed by atoms with E-state index in [0.717, 1.165) is 27.9 Å². The zero-order valence-corrected chi connectivity index (χ0v) is 13.6. The molecule has 1 amide bonds. The Labute approximate surface area is 142 Å². The van der Waals surface area contributed by atoms with Crippen molar-refractivity contribution in [2.75, 3.05) is 5.32 Å². The van der Waals surface area contributed by atoms with Crippen molar-refractivity contribution in [2.45, 2.75) is 13.5 Å². The molecule has 3 heteroatoms. The minimum Gasteiger partial charge on any atom is -0.380 e. The fourth-order valence-corrected chi connectivity index (χ4v) is 2.90. The third-order valence-electron chi connectivity index (χ3n) is 4.12. The van der Waals surface area contributed by atoms with E-state index < -0.39 is 5.91 Å². The number of primary amides is 1. The molecule has 0 atom stereocenters. The van der Waals surface area contributed by atoms with Crippen molar-refractivity contribution in [3.8, 4) is 11.1 Å². The first-order valence-corrected chi connectivity index (χ1v) is 7.93. The number of hydrogen-bond donors (Lipinski definition) is 2. The van der Waals surface area contributed by atoms with Crippen molar-refractivity contribution < 1.29 is 4.79 Å². The zero-order valence-electron chi connectivity index (χ0n) is 13.6. The van der Waals surface area contributed by atoms with Gasteiger partial charge in [-0.1, -0.05) is 66.7 Å². The predicted octanol–water partition coefficient (Wildman–Crippen LogP) is 4.37. The Morgan fingerprint density at radius 2 is 1.54 bits per heavy atom. The molecule has 0 bridgehead atoms. The van der Waals surface area contributed by atoms with Crippen LogP contribution in [0.2, 0.25) is 0 Å². The van der Waals surface area contributed by atoms with Crippen LogP contribution in [-0.4, -0.2) is 5.91 Å². The summed E-state index contributed by atoms with van der Waals surface area (Å²) in [6.07, 6.45) is 0. The van der Waals surface area contributed by atoms with Crippen LogP contribution in [0.5, 0.6) is 0 Å². The monoisotopic (exact) mass is 316 g/mol. The van der Waals surface area contributed by atoms with Crippen LogP contribution < -0.4 is 11.1 Å². The Morgan fingerprint density at radius 3 is 2.17 bits per heavy atom. The summed E-state index contributed by atoms with van der Waals surface area (Å²) in [5.74, 6) is -0.416. The van der Waals surface area contributed by atoms with E-state index in [0.29, 0.717) is 12.1 Å². The van der Waals surface area contributed by atoms with Gasteiger partial charge in [-0.3, -0.25) is 4.79 Å². The number of nitrogens with one attached hydrogen (secondary N) is 1. The minimum absolute atomic E-state index is 0.416. The van der Waals surface area contributed by atoms with Gasteiger partial charge in [-0.05, 0) is 35.2 Å². The molecule has 0 aliphatic carbocycles. The molecule has 0 aliphatic rings. The second-order valence-electron chi connectivity index (χ2n) is 5.73. The summed E-state index contributed by atoms with van der Waals surface area (Å²) in [7, 11) is 0. The molecule has 0 saturated heterocycles. The van der Waals surface area contributed by atoms with Crippen LogP contribution >= 0.6 is 0 Å². The maximum atomic E-state index is 12.0. The fourth-order valence-electron chi connectivity index (χ4n) is 2.90. The molecule has 0 fully saturated rings. The Morgan fingerprint density at radius 1 is 0.917 bits per heavy atom. The quantitative estimate of drug-likeness (QED) is 0.734. The van der Waals surface area contributed by atoms with Crippen molar-refractivity contribution in [2.24, 2.45) is 5.73 Å². The molecule has 3 aromatic rings. The van der Waals surface area contributed by atoms with Crippen LogP contribution in [0.4, 0.5) is 5.69 Å². The highest BCUT2D eigenvalue weighted by Gasteiger charge is 2.15. The maximum absolute atomic E-state index is 12.0. The van der Waals surface area contributed by atoms with Gasteiger partial charge in [-0.2, -0.15) is 0 Å². The smallest absolute Gasteiger partial charge is 0.251 e. The Balaban J connectivity index is 1.96. The minimum atomic E-state index is -0.416. The van der Waals surface area contributed by atoms with Crippen LogP contribution in [0, 0.1) is 6.92 Å². The van der Waals surface area contributed by atoms with Crippen molar-refractivity contribution in [1.29, 1.82) is 0 Å². The lowest BCUT2D eigenvalue weighted by Gasteiger charge is -2.16. The number of hydrogen-bond acceptors (Lipinski definition) is 2. The number of anilines is 1. The van der Waals surface area contributed by atoms with Gasteiger partial charge in [0.05, 0.1) is 5.56 Å². The van der Waals surface area contributed by atoms with Gasteiger partial charge in [0.25, 0.3) is 5.91 Å². The zero-order chi connectivity index (χ0) is 16.9. The molecule has 0 aromatic heterocycles. The number of benzene rings is 3. The lowest BCUT2D eigenvalue weighted by Crippen LogP contribution is -2.16. The van der Waals surface area contributed by atoms with Gasteiger partial charge in [0, 0.05) is 12.2 Å². The first-order valence-electron chi connectivity index (χ1n) is 7.93. The van der Waals surface area contributed by atoms with E-state index in [-0.39, 0.29) is 0 Å². The van der Waals surface area contributed by atoms with Gasteiger partial charge in [0.1, 0.15) is 0 Å². The highest BCUT2D eigenvalue weighted by Crippen LogP contribution is 2.30. The summed E-state index contributed by atoms with van der Waals surface area (Å²) in [5.41, 5.74) is 11.1. The largest absolute Gasteiger partial charge is 0.380 e. The van der Waals surface area contributed by atoms with Gasteiger partial charge in [0.2, 0.25) is 0 Å². The molecule has 24 heavy (non-hydrogen) atoms. The Hall–Kier alpha value is -3.07. The van der Waals surface area contributed by atoms with Crippen molar-refractivity contribution in [3.63, 3.8) is 0 Å². The molecular formula is C21H20N2O. The molecule has 0 heterocycles. The molecule has 0 aliphatic heterocycles. The SMILES string of the molecule is Cc1c(-c2ccccc2)ccc(NCc2ccccc2)c1C(N)=O. The number of carbonyl (C=O) groups is 1. The van der Waals surface area contributed by atoms with E-state index in [9.17, 15) is 4.79 Å². The van der Waals surface area contributed by atoms with Crippen molar-refractivity contribution >= 4 is 11.6 Å². The molecule has 3 nitrogen and oxygen atoms in total. The summed E-state index contributed by atoms with van der Waals surface area (Å²) >= 11 is 0. The van der Waals surface area contributed by atoms with Gasteiger partial charge in [0.15, 0.2) is 0 Å². The van der Waals surface area contributed by atoms with Gasteiger partial charge in [-0.25, -0.2) is 0 Å². The summed E-state index contributed by atoms with van der Waals surface area (Å²) in [5, 5.41) is 3.33. The Bertz CT molecular complexity index is 842. The molecule has 0 unspecified atom stereocenters. The highest BCUT2D eigenvalue weighted by molar-refractivity contribution is 6.02. The summed E-state index contributed by atoms with van der Waals surface area (Å²) in [6, 6.07) is 24.0. The molecular weight excluding hydrogens is 296 g/mol. The molecule has 120 valence electrons. The average Bonchev–Trinajstić information content (AvgIpc) is 2.61. The van der Waals surface area contributed by atoms with Crippen molar-refractivity contribution in [1.82, 2.24) is 0 Å². The van der Waals surface area contributed by atoms with E-state index in [1.807, 2.05) is 79.7 Å². The van der Waals surface area contributed by atoms with E-state index in [1.165, 1.54) is 0 Å². The molecule has 3 rings (SSSR count). The standard InChI is InChI=1S/C21H20N2O/c1-15-18(17-10-6-3-7-11-17)12-13-19(20(15)21(22)24)23-14-16-8-4-2-5-9-16/h2-13,23H,14H2,1H3,(H2,22,24). The predicted molar refractivity (Wildman–Crippen MR) is 98.9 cm³/mol. The highest BCUT2D eigenvalue weighted by atomic mass is 16.1. The second kappa shape index (κ2) is 7.01.